The number of benzene rings is 1. The Bertz CT molecular complexity index is 346. The summed E-state index contributed by atoms with van der Waals surface area (Å²) >= 11 is 5.91. The summed E-state index contributed by atoms with van der Waals surface area (Å²) in [5.74, 6) is 1.39. The molecule has 0 bridgehead atoms. The van der Waals surface area contributed by atoms with Crippen molar-refractivity contribution in [2.75, 3.05) is 13.2 Å². The molecule has 2 nitrogen and oxygen atoms in total. The van der Waals surface area contributed by atoms with E-state index in [0.717, 1.165) is 30.8 Å². The molecule has 1 aliphatic heterocycles. The molecule has 0 spiro atoms. The van der Waals surface area contributed by atoms with E-state index >= 15 is 0 Å². The fourth-order valence-electron chi connectivity index (χ4n) is 1.91. The van der Waals surface area contributed by atoms with E-state index < -0.39 is 0 Å². The predicted molar refractivity (Wildman–Crippen MR) is 65.2 cm³/mol. The standard InChI is InChI=1S/C13H17ClO2/c1-10-4-5-13(11(7-10)8-14)16-12-3-2-6-15-9-12/h4-5,7,12H,2-3,6,8-9H2,1H3. The van der Waals surface area contributed by atoms with E-state index in [9.17, 15) is 0 Å². The highest BCUT2D eigenvalue weighted by Gasteiger charge is 2.16. The van der Waals surface area contributed by atoms with E-state index in [-0.39, 0.29) is 6.10 Å². The third-order valence-electron chi connectivity index (χ3n) is 2.77. The van der Waals surface area contributed by atoms with Gasteiger partial charge >= 0.3 is 0 Å². The smallest absolute Gasteiger partial charge is 0.124 e. The first kappa shape index (κ1) is 11.7. The summed E-state index contributed by atoms with van der Waals surface area (Å²) in [5, 5.41) is 0. The molecule has 0 aliphatic carbocycles. The van der Waals surface area contributed by atoms with Crippen LogP contribution in [0.2, 0.25) is 0 Å². The lowest BCUT2D eigenvalue weighted by molar-refractivity contribution is 0.00712. The van der Waals surface area contributed by atoms with Crippen molar-refractivity contribution in [3.8, 4) is 5.75 Å². The summed E-state index contributed by atoms with van der Waals surface area (Å²) in [6.07, 6.45) is 2.32. The average molecular weight is 241 g/mol. The van der Waals surface area contributed by atoms with Gasteiger partial charge in [0, 0.05) is 12.2 Å². The Kier molecular flexibility index (Phi) is 4.08. The maximum atomic E-state index is 5.92. The molecule has 0 N–H and O–H groups in total. The van der Waals surface area contributed by atoms with Gasteiger partial charge in [0.05, 0.1) is 12.5 Å². The van der Waals surface area contributed by atoms with Crippen molar-refractivity contribution in [1.29, 1.82) is 0 Å². The molecule has 1 atom stereocenters. The summed E-state index contributed by atoms with van der Waals surface area (Å²) < 4.78 is 11.3. The molecule has 0 amide bonds. The van der Waals surface area contributed by atoms with Gasteiger partial charge in [-0.25, -0.2) is 0 Å². The van der Waals surface area contributed by atoms with Crippen LogP contribution >= 0.6 is 11.6 Å². The largest absolute Gasteiger partial charge is 0.488 e. The zero-order valence-electron chi connectivity index (χ0n) is 9.54. The molecular formula is C13H17ClO2. The summed E-state index contributed by atoms with van der Waals surface area (Å²) in [7, 11) is 0. The number of hydrogen-bond donors (Lipinski definition) is 0. The SMILES string of the molecule is Cc1ccc(OC2CCCOC2)c(CCl)c1. The Labute approximate surface area is 102 Å². The Balaban J connectivity index is 2.07. The first-order valence-electron chi connectivity index (χ1n) is 5.69. The molecule has 0 aromatic heterocycles. The molecule has 1 saturated heterocycles. The molecule has 1 aliphatic rings. The van der Waals surface area contributed by atoms with Gasteiger partial charge in [-0.15, -0.1) is 11.6 Å². The number of hydrogen-bond acceptors (Lipinski definition) is 2. The minimum Gasteiger partial charge on any atom is -0.488 e. The van der Waals surface area contributed by atoms with Gasteiger partial charge in [-0.1, -0.05) is 17.7 Å². The molecule has 1 heterocycles. The second-order valence-electron chi connectivity index (χ2n) is 4.20. The molecule has 1 aromatic carbocycles. The van der Waals surface area contributed by atoms with E-state index in [1.54, 1.807) is 0 Å². The molecule has 88 valence electrons. The van der Waals surface area contributed by atoms with Crippen molar-refractivity contribution in [3.63, 3.8) is 0 Å². The van der Waals surface area contributed by atoms with Gasteiger partial charge < -0.3 is 9.47 Å². The van der Waals surface area contributed by atoms with Gasteiger partial charge in [0.15, 0.2) is 0 Å². The lowest BCUT2D eigenvalue weighted by Gasteiger charge is -2.24. The molecule has 3 heteroatoms. The van der Waals surface area contributed by atoms with Gasteiger partial charge in [-0.3, -0.25) is 0 Å². The number of aryl methyl sites for hydroxylation is 1. The minimum absolute atomic E-state index is 0.179. The van der Waals surface area contributed by atoms with Crippen molar-refractivity contribution < 1.29 is 9.47 Å². The van der Waals surface area contributed by atoms with E-state index in [1.165, 1.54) is 5.56 Å². The fraction of sp³-hybridized carbons (Fsp3) is 0.538. The van der Waals surface area contributed by atoms with Gasteiger partial charge in [0.2, 0.25) is 0 Å². The molecule has 1 unspecified atom stereocenters. The Morgan fingerprint density at radius 3 is 3.06 bits per heavy atom. The third kappa shape index (κ3) is 2.89. The summed E-state index contributed by atoms with van der Waals surface area (Å²) in [5.41, 5.74) is 2.27. The quantitative estimate of drug-likeness (QED) is 0.755. The topological polar surface area (TPSA) is 18.5 Å². The van der Waals surface area contributed by atoms with Crippen molar-refractivity contribution in [2.24, 2.45) is 0 Å². The zero-order chi connectivity index (χ0) is 11.4. The first-order chi connectivity index (χ1) is 7.79. The van der Waals surface area contributed by atoms with Crippen LogP contribution in [0, 0.1) is 6.92 Å². The molecule has 1 fully saturated rings. The third-order valence-corrected chi connectivity index (χ3v) is 3.06. The number of halogens is 1. The summed E-state index contributed by atoms with van der Waals surface area (Å²) in [6.45, 7) is 3.61. The summed E-state index contributed by atoms with van der Waals surface area (Å²) in [6, 6.07) is 6.13. The van der Waals surface area contributed by atoms with Crippen LogP contribution in [0.3, 0.4) is 0 Å². The lowest BCUT2D eigenvalue weighted by Crippen LogP contribution is -2.28. The van der Waals surface area contributed by atoms with Crippen LogP contribution in [-0.4, -0.2) is 19.3 Å². The number of alkyl halides is 1. The molecule has 0 saturated carbocycles. The van der Waals surface area contributed by atoms with Crippen LogP contribution in [0.25, 0.3) is 0 Å². The van der Waals surface area contributed by atoms with Gasteiger partial charge in [0.25, 0.3) is 0 Å². The van der Waals surface area contributed by atoms with Crippen molar-refractivity contribution in [1.82, 2.24) is 0 Å². The normalized spacial score (nSPS) is 20.8. The summed E-state index contributed by atoms with van der Waals surface area (Å²) in [4.78, 5) is 0. The van der Waals surface area contributed by atoms with Crippen LogP contribution in [0.5, 0.6) is 5.75 Å². The number of rotatable bonds is 3. The zero-order valence-corrected chi connectivity index (χ0v) is 10.3. The van der Waals surface area contributed by atoms with Gasteiger partial charge in [0.1, 0.15) is 11.9 Å². The van der Waals surface area contributed by atoms with Gasteiger partial charge in [-0.05, 0) is 25.8 Å². The predicted octanol–water partition coefficient (Wildman–Crippen LogP) is 3.29. The van der Waals surface area contributed by atoms with Crippen LogP contribution in [0.4, 0.5) is 0 Å². The molecule has 1 aromatic rings. The molecular weight excluding hydrogens is 224 g/mol. The van der Waals surface area contributed by atoms with E-state index in [2.05, 4.69) is 19.1 Å². The first-order valence-corrected chi connectivity index (χ1v) is 6.23. The van der Waals surface area contributed by atoms with Crippen LogP contribution in [-0.2, 0) is 10.6 Å². The van der Waals surface area contributed by atoms with Crippen LogP contribution in [0.15, 0.2) is 18.2 Å². The maximum Gasteiger partial charge on any atom is 0.124 e. The minimum atomic E-state index is 0.179. The Morgan fingerprint density at radius 2 is 2.38 bits per heavy atom. The monoisotopic (exact) mass is 240 g/mol. The van der Waals surface area contributed by atoms with Crippen molar-refractivity contribution in [2.45, 2.75) is 31.7 Å². The Morgan fingerprint density at radius 1 is 1.50 bits per heavy atom. The highest BCUT2D eigenvalue weighted by molar-refractivity contribution is 6.17. The highest BCUT2D eigenvalue weighted by atomic mass is 35.5. The second kappa shape index (κ2) is 5.55. The fourth-order valence-corrected chi connectivity index (χ4v) is 2.12. The molecule has 16 heavy (non-hydrogen) atoms. The average Bonchev–Trinajstić information content (AvgIpc) is 2.33. The second-order valence-corrected chi connectivity index (χ2v) is 4.47. The van der Waals surface area contributed by atoms with Crippen molar-refractivity contribution >= 4 is 11.6 Å². The number of ether oxygens (including phenoxy) is 2. The maximum absolute atomic E-state index is 5.92. The molecule has 0 radical (unpaired) electrons. The van der Waals surface area contributed by atoms with Crippen LogP contribution in [0.1, 0.15) is 24.0 Å². The highest BCUT2D eigenvalue weighted by Crippen LogP contribution is 2.24. The molecule has 2 rings (SSSR count). The van der Waals surface area contributed by atoms with E-state index in [1.807, 2.05) is 6.07 Å². The van der Waals surface area contributed by atoms with E-state index in [0.29, 0.717) is 12.5 Å². The van der Waals surface area contributed by atoms with Crippen LogP contribution < -0.4 is 4.74 Å². The lowest BCUT2D eigenvalue weighted by atomic mass is 10.1. The Hall–Kier alpha value is -0.730. The van der Waals surface area contributed by atoms with E-state index in [4.69, 9.17) is 21.1 Å². The van der Waals surface area contributed by atoms with Crippen molar-refractivity contribution in [3.05, 3.63) is 29.3 Å². The van der Waals surface area contributed by atoms with Gasteiger partial charge in [-0.2, -0.15) is 0 Å².